The van der Waals surface area contributed by atoms with Crippen molar-refractivity contribution in [1.29, 1.82) is 0 Å². The van der Waals surface area contributed by atoms with Crippen molar-refractivity contribution in [3.63, 3.8) is 0 Å². The Hall–Kier alpha value is -2.04. The minimum absolute atomic E-state index is 0.0655. The molecule has 1 aliphatic rings. The number of carbonyl (C=O) groups is 2. The lowest BCUT2D eigenvalue weighted by Crippen LogP contribution is -2.45. The first-order chi connectivity index (χ1) is 8.99. The van der Waals surface area contributed by atoms with Gasteiger partial charge in [0.1, 0.15) is 11.8 Å². The van der Waals surface area contributed by atoms with E-state index in [-0.39, 0.29) is 24.1 Å². The van der Waals surface area contributed by atoms with Crippen molar-refractivity contribution in [1.82, 2.24) is 4.90 Å². The molecule has 1 fully saturated rings. The monoisotopic (exact) mass is 263 g/mol. The van der Waals surface area contributed by atoms with E-state index in [0.717, 1.165) is 18.4 Å². The van der Waals surface area contributed by atoms with E-state index in [4.69, 9.17) is 5.11 Å². The highest BCUT2D eigenvalue weighted by Crippen LogP contribution is 2.29. The number of carbonyl (C=O) groups excluding carboxylic acids is 1. The number of amides is 1. The quantitative estimate of drug-likeness (QED) is 0.841. The third kappa shape index (κ3) is 3.24. The molecule has 19 heavy (non-hydrogen) atoms. The first kappa shape index (κ1) is 13.4. The Morgan fingerprint density at radius 2 is 1.89 bits per heavy atom. The van der Waals surface area contributed by atoms with Gasteiger partial charge < -0.3 is 15.1 Å². The molecule has 1 unspecified atom stereocenters. The van der Waals surface area contributed by atoms with E-state index in [1.54, 1.807) is 12.1 Å². The molecule has 1 atom stereocenters. The molecular weight excluding hydrogens is 246 g/mol. The molecule has 1 aromatic rings. The van der Waals surface area contributed by atoms with Crippen LogP contribution in [-0.4, -0.2) is 39.1 Å². The molecule has 0 spiro atoms. The Kier molecular flexibility index (Phi) is 3.74. The summed E-state index contributed by atoms with van der Waals surface area (Å²) in [4.78, 5) is 24.7. The van der Waals surface area contributed by atoms with Crippen molar-refractivity contribution in [2.24, 2.45) is 0 Å². The number of aliphatic carboxylic acids is 1. The van der Waals surface area contributed by atoms with E-state index >= 15 is 0 Å². The van der Waals surface area contributed by atoms with Gasteiger partial charge in [0, 0.05) is 6.04 Å². The topological polar surface area (TPSA) is 77.8 Å². The standard InChI is InChI=1S/C14H17NO4/c1-9(14(18)19)15(11-4-5-11)13(17)8-10-2-6-12(16)7-3-10/h2-3,6-7,9,11,16H,4-5,8H2,1H3,(H,18,19). The van der Waals surface area contributed by atoms with Crippen molar-refractivity contribution < 1.29 is 19.8 Å². The molecule has 0 radical (unpaired) electrons. The van der Waals surface area contributed by atoms with Crippen molar-refractivity contribution in [3.8, 4) is 5.75 Å². The summed E-state index contributed by atoms with van der Waals surface area (Å²) in [6.07, 6.45) is 1.91. The Bertz CT molecular complexity index is 479. The fraction of sp³-hybridized carbons (Fsp3) is 0.429. The van der Waals surface area contributed by atoms with E-state index < -0.39 is 12.0 Å². The molecule has 0 aromatic heterocycles. The number of phenolic OH excluding ortho intramolecular Hbond substituents is 1. The number of nitrogens with zero attached hydrogens (tertiary/aromatic N) is 1. The molecule has 0 aliphatic heterocycles. The zero-order valence-corrected chi connectivity index (χ0v) is 10.7. The van der Waals surface area contributed by atoms with Gasteiger partial charge in [0.2, 0.25) is 5.91 Å². The van der Waals surface area contributed by atoms with Gasteiger partial charge in [0.05, 0.1) is 6.42 Å². The Morgan fingerprint density at radius 1 is 1.32 bits per heavy atom. The SMILES string of the molecule is CC(C(=O)O)N(C(=O)Cc1ccc(O)cc1)C1CC1. The molecule has 0 bridgehead atoms. The van der Waals surface area contributed by atoms with Gasteiger partial charge in [-0.05, 0) is 37.5 Å². The summed E-state index contributed by atoms with van der Waals surface area (Å²) in [5.74, 6) is -1.01. The van der Waals surface area contributed by atoms with Crippen LogP contribution in [0.2, 0.25) is 0 Å². The van der Waals surface area contributed by atoms with Crippen LogP contribution in [0.4, 0.5) is 0 Å². The second-order valence-corrected chi connectivity index (χ2v) is 4.89. The summed E-state index contributed by atoms with van der Waals surface area (Å²) in [5, 5.41) is 18.2. The summed E-state index contributed by atoms with van der Waals surface area (Å²) in [6.45, 7) is 1.54. The maximum absolute atomic E-state index is 12.2. The van der Waals surface area contributed by atoms with E-state index in [1.807, 2.05) is 0 Å². The minimum atomic E-state index is -0.981. The Morgan fingerprint density at radius 3 is 2.37 bits per heavy atom. The van der Waals surface area contributed by atoms with Crippen LogP contribution in [0, 0.1) is 0 Å². The summed E-state index contributed by atoms with van der Waals surface area (Å²) >= 11 is 0. The van der Waals surface area contributed by atoms with Crippen LogP contribution < -0.4 is 0 Å². The molecule has 102 valence electrons. The fourth-order valence-corrected chi connectivity index (χ4v) is 2.09. The average molecular weight is 263 g/mol. The second-order valence-electron chi connectivity index (χ2n) is 4.89. The fourth-order valence-electron chi connectivity index (χ4n) is 2.09. The number of phenols is 1. The molecule has 1 aromatic carbocycles. The lowest BCUT2D eigenvalue weighted by molar-refractivity contribution is -0.149. The maximum atomic E-state index is 12.2. The van der Waals surface area contributed by atoms with Crippen molar-refractivity contribution >= 4 is 11.9 Å². The van der Waals surface area contributed by atoms with Crippen molar-refractivity contribution in [2.45, 2.75) is 38.3 Å². The molecule has 1 amide bonds. The van der Waals surface area contributed by atoms with Gasteiger partial charge in [-0.3, -0.25) is 4.79 Å². The molecule has 2 N–H and O–H groups in total. The Balaban J connectivity index is 2.07. The number of rotatable bonds is 5. The molecule has 5 heteroatoms. The zero-order chi connectivity index (χ0) is 14.0. The number of hydrogen-bond donors (Lipinski definition) is 2. The highest BCUT2D eigenvalue weighted by atomic mass is 16.4. The van der Waals surface area contributed by atoms with Gasteiger partial charge in [-0.2, -0.15) is 0 Å². The van der Waals surface area contributed by atoms with Gasteiger partial charge >= 0.3 is 5.97 Å². The number of carboxylic acid groups (broad SMARTS) is 1. The first-order valence-electron chi connectivity index (χ1n) is 6.31. The highest BCUT2D eigenvalue weighted by Gasteiger charge is 2.38. The van der Waals surface area contributed by atoms with Gasteiger partial charge in [-0.25, -0.2) is 4.79 Å². The summed E-state index contributed by atoms with van der Waals surface area (Å²) < 4.78 is 0. The summed E-state index contributed by atoms with van der Waals surface area (Å²) in [7, 11) is 0. The molecule has 5 nitrogen and oxygen atoms in total. The lowest BCUT2D eigenvalue weighted by Gasteiger charge is -2.26. The first-order valence-corrected chi connectivity index (χ1v) is 6.31. The zero-order valence-electron chi connectivity index (χ0n) is 10.7. The molecule has 0 heterocycles. The lowest BCUT2D eigenvalue weighted by atomic mass is 10.1. The maximum Gasteiger partial charge on any atom is 0.326 e. The second kappa shape index (κ2) is 5.30. The smallest absolute Gasteiger partial charge is 0.326 e. The van der Waals surface area contributed by atoms with Crippen LogP contribution in [0.3, 0.4) is 0 Å². The van der Waals surface area contributed by atoms with Crippen LogP contribution in [0.1, 0.15) is 25.3 Å². The summed E-state index contributed by atoms with van der Waals surface area (Å²) in [5.41, 5.74) is 0.769. The van der Waals surface area contributed by atoms with Gasteiger partial charge in [-0.15, -0.1) is 0 Å². The van der Waals surface area contributed by atoms with Crippen LogP contribution in [0.5, 0.6) is 5.75 Å². The molecular formula is C14H17NO4. The normalized spacial score (nSPS) is 15.8. The third-order valence-corrected chi connectivity index (χ3v) is 3.29. The molecule has 0 saturated heterocycles. The van der Waals surface area contributed by atoms with Gasteiger partial charge in [0.15, 0.2) is 0 Å². The summed E-state index contributed by atoms with van der Waals surface area (Å²) in [6, 6.07) is 5.65. The molecule has 1 aliphatic carbocycles. The largest absolute Gasteiger partial charge is 0.508 e. The van der Waals surface area contributed by atoms with Crippen LogP contribution in [0.25, 0.3) is 0 Å². The van der Waals surface area contributed by atoms with E-state index in [9.17, 15) is 14.7 Å². The predicted octanol–water partition coefficient (Wildman–Crippen LogP) is 1.40. The van der Waals surface area contributed by atoms with Crippen molar-refractivity contribution in [3.05, 3.63) is 29.8 Å². The number of aromatic hydroxyl groups is 1. The average Bonchev–Trinajstić information content (AvgIpc) is 3.16. The number of hydrogen-bond acceptors (Lipinski definition) is 3. The minimum Gasteiger partial charge on any atom is -0.508 e. The Labute approximate surface area is 111 Å². The number of carboxylic acids is 1. The molecule has 1 saturated carbocycles. The molecule has 2 rings (SSSR count). The van der Waals surface area contributed by atoms with Crippen LogP contribution >= 0.6 is 0 Å². The van der Waals surface area contributed by atoms with Crippen LogP contribution in [-0.2, 0) is 16.0 Å². The van der Waals surface area contributed by atoms with Gasteiger partial charge in [-0.1, -0.05) is 12.1 Å². The number of benzene rings is 1. The van der Waals surface area contributed by atoms with Crippen LogP contribution in [0.15, 0.2) is 24.3 Å². The van der Waals surface area contributed by atoms with E-state index in [0.29, 0.717) is 0 Å². The van der Waals surface area contributed by atoms with E-state index in [1.165, 1.54) is 24.0 Å². The highest BCUT2D eigenvalue weighted by molar-refractivity contribution is 5.85. The third-order valence-electron chi connectivity index (χ3n) is 3.29. The predicted molar refractivity (Wildman–Crippen MR) is 68.8 cm³/mol. The van der Waals surface area contributed by atoms with Crippen molar-refractivity contribution in [2.75, 3.05) is 0 Å². The van der Waals surface area contributed by atoms with Gasteiger partial charge in [0.25, 0.3) is 0 Å². The van der Waals surface area contributed by atoms with E-state index in [2.05, 4.69) is 0 Å².